The van der Waals surface area contributed by atoms with Crippen LogP contribution < -0.4 is 5.32 Å². The van der Waals surface area contributed by atoms with E-state index in [1.165, 1.54) is 17.0 Å². The van der Waals surface area contributed by atoms with E-state index in [2.05, 4.69) is 11.9 Å². The van der Waals surface area contributed by atoms with Gasteiger partial charge in [0.15, 0.2) is 0 Å². The number of aromatic nitrogens is 1. The maximum atomic E-state index is 12.9. The van der Waals surface area contributed by atoms with E-state index in [0.29, 0.717) is 11.6 Å². The lowest BCUT2D eigenvalue weighted by molar-refractivity contribution is -0.137. The first-order valence-corrected chi connectivity index (χ1v) is 9.86. The van der Waals surface area contributed by atoms with Crippen LogP contribution in [-0.2, 0) is 19.3 Å². The zero-order valence-corrected chi connectivity index (χ0v) is 17.3. The molecule has 1 heterocycles. The minimum absolute atomic E-state index is 0.0724. The number of halogens is 4. The molecule has 1 aromatic heterocycles. The van der Waals surface area contributed by atoms with Crippen molar-refractivity contribution in [3.05, 3.63) is 101 Å². The van der Waals surface area contributed by atoms with Crippen LogP contribution in [0.4, 0.5) is 23.7 Å². The second-order valence-corrected chi connectivity index (χ2v) is 7.37. The molecule has 0 saturated carbocycles. The number of anilines is 1. The van der Waals surface area contributed by atoms with Gasteiger partial charge in [0.2, 0.25) is 0 Å². The Bertz CT molecular complexity index is 1060. The summed E-state index contributed by atoms with van der Waals surface area (Å²) in [4.78, 5) is 14.2. The quantitative estimate of drug-likeness (QED) is 0.416. The van der Waals surface area contributed by atoms with E-state index in [0.717, 1.165) is 23.4 Å². The van der Waals surface area contributed by atoms with E-state index in [-0.39, 0.29) is 18.8 Å². The summed E-state index contributed by atoms with van der Waals surface area (Å²) in [6.45, 7) is 4.73. The molecule has 0 unspecified atom stereocenters. The van der Waals surface area contributed by atoms with Crippen LogP contribution in [0.5, 0.6) is 0 Å². The average molecular weight is 448 g/mol. The van der Waals surface area contributed by atoms with Crippen molar-refractivity contribution >= 4 is 23.3 Å². The molecule has 0 saturated heterocycles. The van der Waals surface area contributed by atoms with Crippen LogP contribution in [-0.4, -0.2) is 22.0 Å². The molecule has 0 aliphatic carbocycles. The van der Waals surface area contributed by atoms with Crippen LogP contribution in [0.2, 0.25) is 5.02 Å². The lowest BCUT2D eigenvalue weighted by atomic mass is 10.2. The molecule has 0 spiro atoms. The van der Waals surface area contributed by atoms with Crippen LogP contribution in [0.1, 0.15) is 16.8 Å². The van der Waals surface area contributed by atoms with Crippen molar-refractivity contribution < 1.29 is 18.0 Å². The first-order valence-electron chi connectivity index (χ1n) is 9.49. The van der Waals surface area contributed by atoms with Crippen LogP contribution >= 0.6 is 11.6 Å². The van der Waals surface area contributed by atoms with E-state index < -0.39 is 17.8 Å². The molecule has 2 aromatic carbocycles. The standard InChI is InChI=1S/C23H21ClF3N3O/c1-2-11-30(22(31)28-20-9-4-7-18(14-20)23(25,26)27)16-21-10-5-12-29(21)15-17-6-3-8-19(24)13-17/h2-10,12-14H,1,11,15-16H2,(H,28,31). The van der Waals surface area contributed by atoms with Crippen molar-refractivity contribution in [2.45, 2.75) is 19.3 Å². The number of benzene rings is 2. The Hall–Kier alpha value is -3.19. The molecule has 0 fully saturated rings. The van der Waals surface area contributed by atoms with Gasteiger partial charge in [-0.2, -0.15) is 13.2 Å². The third-order valence-electron chi connectivity index (χ3n) is 4.60. The number of rotatable bonds is 7. The van der Waals surface area contributed by atoms with E-state index >= 15 is 0 Å². The van der Waals surface area contributed by atoms with Crippen LogP contribution in [0.3, 0.4) is 0 Å². The van der Waals surface area contributed by atoms with Crippen molar-refractivity contribution in [3.8, 4) is 0 Å². The molecular weight excluding hydrogens is 427 g/mol. The highest BCUT2D eigenvalue weighted by molar-refractivity contribution is 6.30. The van der Waals surface area contributed by atoms with Gasteiger partial charge in [-0.15, -0.1) is 6.58 Å². The lowest BCUT2D eigenvalue weighted by Crippen LogP contribution is -2.35. The summed E-state index contributed by atoms with van der Waals surface area (Å²) in [5, 5.41) is 3.18. The molecule has 3 aromatic rings. The SMILES string of the molecule is C=CCN(Cc1cccn1Cc1cccc(Cl)c1)C(=O)Nc1cccc(C(F)(F)F)c1. The smallest absolute Gasteiger partial charge is 0.345 e. The van der Waals surface area contributed by atoms with Gasteiger partial charge in [0.1, 0.15) is 0 Å². The van der Waals surface area contributed by atoms with Crippen molar-refractivity contribution in [1.29, 1.82) is 0 Å². The molecular formula is C23H21ClF3N3O. The first kappa shape index (κ1) is 22.5. The summed E-state index contributed by atoms with van der Waals surface area (Å²) in [6, 6.07) is 15.3. The monoisotopic (exact) mass is 447 g/mol. The normalized spacial score (nSPS) is 11.2. The maximum absolute atomic E-state index is 12.9. The van der Waals surface area contributed by atoms with Gasteiger partial charge in [0.05, 0.1) is 12.1 Å². The molecule has 1 N–H and O–H groups in total. The topological polar surface area (TPSA) is 37.3 Å². The number of urea groups is 1. The van der Waals surface area contributed by atoms with E-state index in [4.69, 9.17) is 11.6 Å². The van der Waals surface area contributed by atoms with Gasteiger partial charge in [-0.1, -0.05) is 35.9 Å². The molecule has 8 heteroatoms. The predicted molar refractivity (Wildman–Crippen MR) is 116 cm³/mol. The van der Waals surface area contributed by atoms with Crippen molar-refractivity contribution in [1.82, 2.24) is 9.47 Å². The van der Waals surface area contributed by atoms with Crippen molar-refractivity contribution in [2.75, 3.05) is 11.9 Å². The Kier molecular flexibility index (Phi) is 7.07. The summed E-state index contributed by atoms with van der Waals surface area (Å²) < 4.78 is 40.8. The number of carbonyl (C=O) groups excluding carboxylic acids is 1. The lowest BCUT2D eigenvalue weighted by Gasteiger charge is -2.23. The van der Waals surface area contributed by atoms with Crippen LogP contribution in [0.15, 0.2) is 79.5 Å². The third-order valence-corrected chi connectivity index (χ3v) is 4.83. The van der Waals surface area contributed by atoms with E-state index in [1.54, 1.807) is 12.1 Å². The summed E-state index contributed by atoms with van der Waals surface area (Å²) in [6.07, 6.45) is -1.02. The zero-order valence-electron chi connectivity index (χ0n) is 16.6. The molecule has 3 rings (SSSR count). The van der Waals surface area contributed by atoms with Crippen molar-refractivity contribution in [2.24, 2.45) is 0 Å². The number of nitrogens with one attached hydrogen (secondary N) is 1. The summed E-state index contributed by atoms with van der Waals surface area (Å²) >= 11 is 6.06. The number of carbonyl (C=O) groups is 1. The van der Waals surface area contributed by atoms with Crippen molar-refractivity contribution in [3.63, 3.8) is 0 Å². The number of amides is 2. The third kappa shape index (κ3) is 6.15. The maximum Gasteiger partial charge on any atom is 0.416 e. The average Bonchev–Trinajstić information content (AvgIpc) is 3.14. The molecule has 31 heavy (non-hydrogen) atoms. The highest BCUT2D eigenvalue weighted by Crippen LogP contribution is 2.30. The fraction of sp³-hybridized carbons (Fsp3) is 0.174. The number of hydrogen-bond acceptors (Lipinski definition) is 1. The van der Waals surface area contributed by atoms with Gasteiger partial charge in [-0.05, 0) is 48.0 Å². The van der Waals surface area contributed by atoms with Gasteiger partial charge in [0, 0.05) is 35.7 Å². The van der Waals surface area contributed by atoms with Crippen LogP contribution in [0.25, 0.3) is 0 Å². The molecule has 162 valence electrons. The Morgan fingerprint density at radius 3 is 2.61 bits per heavy atom. The predicted octanol–water partition coefficient (Wildman–Crippen LogP) is 6.43. The summed E-state index contributed by atoms with van der Waals surface area (Å²) in [5.41, 5.74) is 1.12. The Balaban J connectivity index is 1.74. The minimum atomic E-state index is -4.48. The largest absolute Gasteiger partial charge is 0.416 e. The summed E-state index contributed by atoms with van der Waals surface area (Å²) in [7, 11) is 0. The van der Waals surface area contributed by atoms with Crippen LogP contribution in [0, 0.1) is 0 Å². The number of hydrogen-bond donors (Lipinski definition) is 1. The molecule has 0 aliphatic rings. The first-order chi connectivity index (χ1) is 14.8. The highest BCUT2D eigenvalue weighted by atomic mass is 35.5. The molecule has 4 nitrogen and oxygen atoms in total. The molecule has 0 aliphatic heterocycles. The zero-order chi connectivity index (χ0) is 22.4. The minimum Gasteiger partial charge on any atom is -0.345 e. The number of alkyl halides is 3. The van der Waals surface area contributed by atoms with E-state index in [9.17, 15) is 18.0 Å². The molecule has 0 radical (unpaired) electrons. The van der Waals surface area contributed by atoms with Gasteiger partial charge in [-0.3, -0.25) is 0 Å². The molecule has 0 atom stereocenters. The highest BCUT2D eigenvalue weighted by Gasteiger charge is 2.30. The Morgan fingerprint density at radius 1 is 1.13 bits per heavy atom. The fourth-order valence-corrected chi connectivity index (χ4v) is 3.34. The van der Waals surface area contributed by atoms with Gasteiger partial charge < -0.3 is 14.8 Å². The number of nitrogens with zero attached hydrogens (tertiary/aromatic N) is 2. The molecule has 2 amide bonds. The molecule has 0 bridgehead atoms. The summed E-state index contributed by atoms with van der Waals surface area (Å²) in [5.74, 6) is 0. The van der Waals surface area contributed by atoms with Gasteiger partial charge in [0.25, 0.3) is 0 Å². The second kappa shape index (κ2) is 9.75. The Labute approximate surface area is 183 Å². The second-order valence-electron chi connectivity index (χ2n) is 6.94. The van der Waals surface area contributed by atoms with Gasteiger partial charge in [-0.25, -0.2) is 4.79 Å². The van der Waals surface area contributed by atoms with Gasteiger partial charge >= 0.3 is 12.2 Å². The van der Waals surface area contributed by atoms with E-state index in [1.807, 2.05) is 41.1 Å². The Morgan fingerprint density at radius 2 is 1.90 bits per heavy atom. The fourth-order valence-electron chi connectivity index (χ4n) is 3.13.